The maximum absolute atomic E-state index is 12.9. The molecule has 0 unspecified atom stereocenters. The van der Waals surface area contributed by atoms with Crippen LogP contribution in [0.4, 0.5) is 5.82 Å². The maximum atomic E-state index is 12.9. The Hall–Kier alpha value is -3.56. The third-order valence-corrected chi connectivity index (χ3v) is 7.28. The third-order valence-electron chi connectivity index (χ3n) is 7.28. The summed E-state index contributed by atoms with van der Waals surface area (Å²) in [4.78, 5) is 33.7. The molecule has 2 amide bonds. The predicted octanol–water partition coefficient (Wildman–Crippen LogP) is 2.07. The predicted molar refractivity (Wildman–Crippen MR) is 145 cm³/mol. The van der Waals surface area contributed by atoms with Gasteiger partial charge in [0.2, 0.25) is 5.91 Å². The number of rotatable bonds is 4. The lowest BCUT2D eigenvalue weighted by molar-refractivity contribution is -0.136. The number of amides is 2. The van der Waals surface area contributed by atoms with Gasteiger partial charge in [-0.05, 0) is 33.0 Å². The number of nitrogens with two attached hydrogens (primary N) is 1. The van der Waals surface area contributed by atoms with Crippen LogP contribution in [0.3, 0.4) is 0 Å². The highest BCUT2D eigenvalue weighted by Crippen LogP contribution is 2.32. The van der Waals surface area contributed by atoms with Gasteiger partial charge in [0.25, 0.3) is 5.91 Å². The highest BCUT2D eigenvalue weighted by atomic mass is 16.2. The van der Waals surface area contributed by atoms with Crippen LogP contribution in [0.25, 0.3) is 22.0 Å². The summed E-state index contributed by atoms with van der Waals surface area (Å²) < 4.78 is 0. The maximum Gasteiger partial charge on any atom is 0.253 e. The van der Waals surface area contributed by atoms with Gasteiger partial charge in [0.1, 0.15) is 5.69 Å². The number of aromatic nitrogens is 2. The number of carbonyl (C=O) groups excluding carboxylic acids is 2. The smallest absolute Gasteiger partial charge is 0.253 e. The molecule has 2 N–H and O–H groups in total. The van der Waals surface area contributed by atoms with E-state index in [1.165, 1.54) is 0 Å². The third kappa shape index (κ3) is 5.14. The van der Waals surface area contributed by atoms with E-state index in [2.05, 4.69) is 39.2 Å². The average molecular weight is 502 g/mol. The lowest BCUT2D eigenvalue weighted by Crippen LogP contribution is -2.57. The van der Waals surface area contributed by atoms with Crippen molar-refractivity contribution in [3.05, 3.63) is 54.1 Å². The van der Waals surface area contributed by atoms with Gasteiger partial charge in [-0.3, -0.25) is 9.59 Å². The number of nitrogens with zero attached hydrogens (tertiary/aromatic N) is 6. The van der Waals surface area contributed by atoms with Crippen LogP contribution in [0.15, 0.2) is 48.5 Å². The fourth-order valence-electron chi connectivity index (χ4n) is 5.03. The summed E-state index contributed by atoms with van der Waals surface area (Å²) in [7, 11) is 2.08. The first-order valence-electron chi connectivity index (χ1n) is 12.9. The van der Waals surface area contributed by atoms with Gasteiger partial charge in [-0.1, -0.05) is 36.4 Å². The van der Waals surface area contributed by atoms with Gasteiger partial charge in [0.05, 0.1) is 5.54 Å². The molecular formula is C28H35N7O2. The van der Waals surface area contributed by atoms with Crippen molar-refractivity contribution in [2.45, 2.75) is 19.4 Å². The first kappa shape index (κ1) is 25.1. The quantitative estimate of drug-likeness (QED) is 0.584. The van der Waals surface area contributed by atoms with Crippen molar-refractivity contribution >= 4 is 28.4 Å². The Kier molecular flexibility index (Phi) is 6.83. The molecule has 2 aliphatic heterocycles. The first-order valence-corrected chi connectivity index (χ1v) is 12.9. The topological polar surface area (TPSA) is 98.9 Å². The Balaban J connectivity index is 1.36. The minimum Gasteiger partial charge on any atom is -0.351 e. The summed E-state index contributed by atoms with van der Waals surface area (Å²) in [5.41, 5.74) is 7.55. The van der Waals surface area contributed by atoms with E-state index in [0.29, 0.717) is 31.7 Å². The van der Waals surface area contributed by atoms with Crippen LogP contribution in [0.2, 0.25) is 0 Å². The number of hydrogen-bond acceptors (Lipinski definition) is 7. The van der Waals surface area contributed by atoms with Crippen molar-refractivity contribution < 1.29 is 9.59 Å². The molecule has 5 rings (SSSR count). The Morgan fingerprint density at radius 2 is 1.38 bits per heavy atom. The fourth-order valence-corrected chi connectivity index (χ4v) is 5.03. The van der Waals surface area contributed by atoms with E-state index >= 15 is 0 Å². The molecule has 2 aromatic carbocycles. The van der Waals surface area contributed by atoms with E-state index in [1.807, 2.05) is 46.2 Å². The molecule has 0 spiro atoms. The largest absolute Gasteiger partial charge is 0.351 e. The van der Waals surface area contributed by atoms with Gasteiger partial charge in [-0.2, -0.15) is 0 Å². The highest BCUT2D eigenvalue weighted by molar-refractivity contribution is 6.01. The molecule has 0 atom stereocenters. The summed E-state index contributed by atoms with van der Waals surface area (Å²) >= 11 is 0. The lowest BCUT2D eigenvalue weighted by Gasteiger charge is -2.38. The first-order chi connectivity index (χ1) is 17.7. The van der Waals surface area contributed by atoms with Gasteiger partial charge < -0.3 is 25.3 Å². The van der Waals surface area contributed by atoms with Crippen LogP contribution >= 0.6 is 0 Å². The summed E-state index contributed by atoms with van der Waals surface area (Å²) in [6.07, 6.45) is 0. The van der Waals surface area contributed by atoms with Crippen molar-refractivity contribution in [3.63, 3.8) is 0 Å². The van der Waals surface area contributed by atoms with Crippen LogP contribution in [0.5, 0.6) is 0 Å². The summed E-state index contributed by atoms with van der Waals surface area (Å²) in [5, 5.41) is 11.3. The van der Waals surface area contributed by atoms with E-state index in [0.717, 1.165) is 54.0 Å². The molecular weight excluding hydrogens is 466 g/mol. The zero-order chi connectivity index (χ0) is 26.2. The van der Waals surface area contributed by atoms with Gasteiger partial charge in [-0.15, -0.1) is 10.2 Å². The van der Waals surface area contributed by atoms with Crippen molar-refractivity contribution in [3.8, 4) is 11.3 Å². The number of hydrogen-bond donors (Lipinski definition) is 1. The van der Waals surface area contributed by atoms with Crippen molar-refractivity contribution in [1.29, 1.82) is 0 Å². The van der Waals surface area contributed by atoms with Crippen LogP contribution in [0, 0.1) is 0 Å². The van der Waals surface area contributed by atoms with Crippen LogP contribution in [0.1, 0.15) is 24.2 Å². The summed E-state index contributed by atoms with van der Waals surface area (Å²) in [5.74, 6) is 0.856. The molecule has 2 aliphatic rings. The summed E-state index contributed by atoms with van der Waals surface area (Å²) in [6.45, 7) is 9.32. The molecule has 0 aliphatic carbocycles. The van der Waals surface area contributed by atoms with Gasteiger partial charge in [0, 0.05) is 74.3 Å². The molecule has 37 heavy (non-hydrogen) atoms. The SMILES string of the molecule is CN1CCN(C(=O)c2ccc(-c3nnc(N4CCN(C(=O)C(C)(C)N)CC4)c4ccccc34)cc2)CC1. The fraction of sp³-hybridized carbons (Fsp3) is 0.429. The van der Waals surface area contributed by atoms with Crippen molar-refractivity contribution in [1.82, 2.24) is 24.9 Å². The second kappa shape index (κ2) is 10.1. The van der Waals surface area contributed by atoms with E-state index in [1.54, 1.807) is 13.8 Å². The minimum absolute atomic E-state index is 0.0343. The molecule has 9 nitrogen and oxygen atoms in total. The molecule has 2 saturated heterocycles. The van der Waals surface area contributed by atoms with Crippen LogP contribution in [-0.4, -0.2) is 102 Å². The van der Waals surface area contributed by atoms with Crippen LogP contribution < -0.4 is 10.6 Å². The van der Waals surface area contributed by atoms with Gasteiger partial charge in [-0.25, -0.2) is 0 Å². The molecule has 3 aromatic rings. The zero-order valence-electron chi connectivity index (χ0n) is 21.9. The van der Waals surface area contributed by atoms with Crippen molar-refractivity contribution in [2.75, 3.05) is 64.3 Å². The monoisotopic (exact) mass is 501 g/mol. The Labute approximate surface area is 217 Å². The average Bonchev–Trinajstić information content (AvgIpc) is 2.92. The number of likely N-dealkylation sites (N-methyl/N-ethyl adjacent to an activating group) is 1. The van der Waals surface area contributed by atoms with E-state index in [9.17, 15) is 9.59 Å². The molecule has 0 bridgehead atoms. The molecule has 194 valence electrons. The molecule has 9 heteroatoms. The highest BCUT2D eigenvalue weighted by Gasteiger charge is 2.31. The Morgan fingerprint density at radius 1 is 0.784 bits per heavy atom. The second-order valence-corrected chi connectivity index (χ2v) is 10.6. The lowest BCUT2D eigenvalue weighted by atomic mass is 10.0. The van der Waals surface area contributed by atoms with E-state index in [4.69, 9.17) is 5.73 Å². The van der Waals surface area contributed by atoms with E-state index < -0.39 is 5.54 Å². The number of benzene rings is 2. The Morgan fingerprint density at radius 3 is 2.00 bits per heavy atom. The number of anilines is 1. The molecule has 0 saturated carbocycles. The summed E-state index contributed by atoms with van der Waals surface area (Å²) in [6, 6.07) is 15.8. The minimum atomic E-state index is -0.874. The molecule has 1 aromatic heterocycles. The van der Waals surface area contributed by atoms with Gasteiger partial charge in [0.15, 0.2) is 5.82 Å². The number of carbonyl (C=O) groups is 2. The van der Waals surface area contributed by atoms with E-state index in [-0.39, 0.29) is 11.8 Å². The molecule has 3 heterocycles. The standard InChI is InChI=1S/C28H35N7O2/c1-28(2,29)27(37)35-18-16-33(17-19-35)25-23-7-5-4-6-22(23)24(30-31-25)20-8-10-21(11-9-20)26(36)34-14-12-32(3)13-15-34/h4-11H,12-19,29H2,1-3H3. The zero-order valence-corrected chi connectivity index (χ0v) is 21.9. The second-order valence-electron chi connectivity index (χ2n) is 10.6. The molecule has 0 radical (unpaired) electrons. The Bertz CT molecular complexity index is 1290. The number of fused-ring (bicyclic) bond motifs is 1. The van der Waals surface area contributed by atoms with Crippen LogP contribution in [-0.2, 0) is 4.79 Å². The number of piperazine rings is 2. The normalized spacial score (nSPS) is 17.4. The van der Waals surface area contributed by atoms with Gasteiger partial charge >= 0.3 is 0 Å². The van der Waals surface area contributed by atoms with Crippen molar-refractivity contribution in [2.24, 2.45) is 5.73 Å². The molecule has 2 fully saturated rings.